The molecular weight excluding hydrogens is 276 g/mol. The molecule has 1 aromatic carbocycles. The summed E-state index contributed by atoms with van der Waals surface area (Å²) in [7, 11) is 1.66. The molecule has 0 atom stereocenters. The Morgan fingerprint density at radius 1 is 1.25 bits per heavy atom. The number of hydrogen-bond acceptors (Lipinski definition) is 4. The molecule has 0 aliphatic carbocycles. The maximum absolute atomic E-state index is 6.38. The summed E-state index contributed by atoms with van der Waals surface area (Å²) < 4.78 is 11.1. The van der Waals surface area contributed by atoms with Gasteiger partial charge in [0.05, 0.1) is 13.2 Å². The summed E-state index contributed by atoms with van der Waals surface area (Å²) in [5, 5.41) is 4.09. The number of rotatable bonds is 5. The van der Waals surface area contributed by atoms with E-state index in [0.29, 0.717) is 5.75 Å². The van der Waals surface area contributed by atoms with Crippen LogP contribution in [0.5, 0.6) is 11.5 Å². The molecule has 0 saturated carbocycles. The van der Waals surface area contributed by atoms with Crippen LogP contribution in [0.15, 0.2) is 12.1 Å². The Kier molecular flexibility index (Phi) is 5.52. The summed E-state index contributed by atoms with van der Waals surface area (Å²) in [6, 6.07) is 3.85. The number of nitrogens with zero attached hydrogens (tertiary/aromatic N) is 1. The van der Waals surface area contributed by atoms with Crippen LogP contribution in [0.25, 0.3) is 0 Å². The van der Waals surface area contributed by atoms with Crippen LogP contribution in [-0.4, -0.2) is 44.3 Å². The van der Waals surface area contributed by atoms with Crippen molar-refractivity contribution in [3.05, 3.63) is 22.7 Å². The fourth-order valence-electron chi connectivity index (χ4n) is 2.31. The molecule has 1 aliphatic rings. The number of methoxy groups -OCH3 is 1. The van der Waals surface area contributed by atoms with Gasteiger partial charge < -0.3 is 14.8 Å². The molecule has 1 aromatic rings. The van der Waals surface area contributed by atoms with Crippen molar-refractivity contribution in [2.45, 2.75) is 26.5 Å². The van der Waals surface area contributed by atoms with E-state index in [1.807, 2.05) is 26.0 Å². The lowest BCUT2D eigenvalue weighted by Gasteiger charge is -2.27. The topological polar surface area (TPSA) is 33.7 Å². The van der Waals surface area contributed by atoms with Gasteiger partial charge in [0.1, 0.15) is 0 Å². The molecule has 1 fully saturated rings. The van der Waals surface area contributed by atoms with Crippen LogP contribution in [0.1, 0.15) is 19.4 Å². The lowest BCUT2D eigenvalue weighted by molar-refractivity contribution is 0.226. The van der Waals surface area contributed by atoms with E-state index in [1.54, 1.807) is 7.11 Å². The molecule has 1 aliphatic heterocycles. The minimum absolute atomic E-state index is 0.0963. The third-order valence-electron chi connectivity index (χ3n) is 3.30. The van der Waals surface area contributed by atoms with E-state index in [2.05, 4.69) is 10.2 Å². The lowest BCUT2D eigenvalue weighted by Crippen LogP contribution is -2.42. The third-order valence-corrected chi connectivity index (χ3v) is 3.65. The van der Waals surface area contributed by atoms with Gasteiger partial charge in [-0.2, -0.15) is 0 Å². The first-order valence-electron chi connectivity index (χ1n) is 7.06. The zero-order chi connectivity index (χ0) is 14.5. The second-order valence-corrected chi connectivity index (χ2v) is 5.69. The number of piperazine rings is 1. The SMILES string of the molecule is COc1cc(CN2CCNCC2)c(Cl)cc1OC(C)C. The van der Waals surface area contributed by atoms with Crippen molar-refractivity contribution in [3.8, 4) is 11.5 Å². The van der Waals surface area contributed by atoms with Crippen molar-refractivity contribution >= 4 is 11.6 Å². The van der Waals surface area contributed by atoms with Crippen LogP contribution < -0.4 is 14.8 Å². The summed E-state index contributed by atoms with van der Waals surface area (Å²) >= 11 is 6.38. The minimum Gasteiger partial charge on any atom is -0.493 e. The number of benzene rings is 1. The van der Waals surface area contributed by atoms with Gasteiger partial charge in [-0.15, -0.1) is 0 Å². The monoisotopic (exact) mass is 298 g/mol. The molecule has 0 unspecified atom stereocenters. The smallest absolute Gasteiger partial charge is 0.163 e. The minimum atomic E-state index is 0.0963. The van der Waals surface area contributed by atoms with Gasteiger partial charge in [-0.25, -0.2) is 0 Å². The van der Waals surface area contributed by atoms with Crippen molar-refractivity contribution in [2.75, 3.05) is 33.3 Å². The molecule has 0 amide bonds. The fraction of sp³-hybridized carbons (Fsp3) is 0.600. The summed E-state index contributed by atoms with van der Waals surface area (Å²) in [6.07, 6.45) is 0.0963. The average Bonchev–Trinajstić information content (AvgIpc) is 2.42. The van der Waals surface area contributed by atoms with Crippen LogP contribution >= 0.6 is 11.6 Å². The number of nitrogens with one attached hydrogen (secondary N) is 1. The van der Waals surface area contributed by atoms with E-state index in [0.717, 1.165) is 49.1 Å². The van der Waals surface area contributed by atoms with Crippen LogP contribution in [0.3, 0.4) is 0 Å². The maximum atomic E-state index is 6.38. The van der Waals surface area contributed by atoms with Gasteiger partial charge in [-0.1, -0.05) is 11.6 Å². The van der Waals surface area contributed by atoms with Crippen molar-refractivity contribution < 1.29 is 9.47 Å². The van der Waals surface area contributed by atoms with E-state index in [4.69, 9.17) is 21.1 Å². The average molecular weight is 299 g/mol. The summed E-state index contributed by atoms with van der Waals surface area (Å²) in [6.45, 7) is 8.97. The van der Waals surface area contributed by atoms with Gasteiger partial charge in [0.25, 0.3) is 0 Å². The summed E-state index contributed by atoms with van der Waals surface area (Å²) in [4.78, 5) is 2.39. The molecule has 1 saturated heterocycles. The number of ether oxygens (including phenoxy) is 2. The zero-order valence-electron chi connectivity index (χ0n) is 12.4. The Hall–Kier alpha value is -0.970. The first kappa shape index (κ1) is 15.4. The zero-order valence-corrected chi connectivity index (χ0v) is 13.2. The number of hydrogen-bond donors (Lipinski definition) is 1. The second kappa shape index (κ2) is 7.16. The van der Waals surface area contributed by atoms with Crippen LogP contribution in [0, 0.1) is 0 Å². The molecule has 0 spiro atoms. The predicted molar refractivity (Wildman–Crippen MR) is 81.9 cm³/mol. The Morgan fingerprint density at radius 3 is 2.55 bits per heavy atom. The second-order valence-electron chi connectivity index (χ2n) is 5.29. The Bertz CT molecular complexity index is 446. The Morgan fingerprint density at radius 2 is 1.95 bits per heavy atom. The summed E-state index contributed by atoms with van der Waals surface area (Å²) in [5.41, 5.74) is 1.08. The molecule has 0 bridgehead atoms. The largest absolute Gasteiger partial charge is 0.493 e. The fourth-order valence-corrected chi connectivity index (χ4v) is 2.53. The molecule has 5 heteroatoms. The van der Waals surface area contributed by atoms with E-state index >= 15 is 0 Å². The molecule has 20 heavy (non-hydrogen) atoms. The highest BCUT2D eigenvalue weighted by Gasteiger charge is 2.15. The van der Waals surface area contributed by atoms with Gasteiger partial charge >= 0.3 is 0 Å². The molecule has 1 N–H and O–H groups in total. The normalized spacial score (nSPS) is 16.4. The van der Waals surface area contributed by atoms with Gasteiger partial charge in [-0.3, -0.25) is 4.90 Å². The predicted octanol–water partition coefficient (Wildman–Crippen LogP) is 2.54. The van der Waals surface area contributed by atoms with E-state index < -0.39 is 0 Å². The Balaban J connectivity index is 2.16. The molecule has 0 aromatic heterocycles. The lowest BCUT2D eigenvalue weighted by atomic mass is 10.1. The highest BCUT2D eigenvalue weighted by atomic mass is 35.5. The van der Waals surface area contributed by atoms with Gasteiger partial charge in [0.2, 0.25) is 0 Å². The van der Waals surface area contributed by atoms with Crippen LogP contribution in [0.2, 0.25) is 5.02 Å². The quantitative estimate of drug-likeness (QED) is 0.906. The van der Waals surface area contributed by atoms with Crippen LogP contribution in [0.4, 0.5) is 0 Å². The van der Waals surface area contributed by atoms with E-state index in [9.17, 15) is 0 Å². The van der Waals surface area contributed by atoms with Gasteiger partial charge in [0, 0.05) is 43.8 Å². The summed E-state index contributed by atoms with van der Waals surface area (Å²) in [5.74, 6) is 1.45. The first-order chi connectivity index (χ1) is 9.60. The number of halogens is 1. The maximum Gasteiger partial charge on any atom is 0.163 e. The van der Waals surface area contributed by atoms with Gasteiger partial charge in [0.15, 0.2) is 11.5 Å². The standard InChI is InChI=1S/C15H23ClN2O2/c1-11(2)20-15-9-13(16)12(8-14(15)19-3)10-18-6-4-17-5-7-18/h8-9,11,17H,4-7,10H2,1-3H3. The van der Waals surface area contributed by atoms with Crippen molar-refractivity contribution in [3.63, 3.8) is 0 Å². The van der Waals surface area contributed by atoms with Crippen molar-refractivity contribution in [2.24, 2.45) is 0 Å². The molecule has 112 valence electrons. The molecular formula is C15H23ClN2O2. The molecule has 4 nitrogen and oxygen atoms in total. The molecule has 0 radical (unpaired) electrons. The van der Waals surface area contributed by atoms with Crippen molar-refractivity contribution in [1.29, 1.82) is 0 Å². The highest BCUT2D eigenvalue weighted by molar-refractivity contribution is 6.31. The van der Waals surface area contributed by atoms with Gasteiger partial charge in [-0.05, 0) is 25.5 Å². The van der Waals surface area contributed by atoms with E-state index in [1.165, 1.54) is 0 Å². The molecule has 2 rings (SSSR count). The van der Waals surface area contributed by atoms with E-state index in [-0.39, 0.29) is 6.10 Å². The Labute approximate surface area is 126 Å². The molecule has 1 heterocycles. The van der Waals surface area contributed by atoms with Crippen LogP contribution in [-0.2, 0) is 6.54 Å². The highest BCUT2D eigenvalue weighted by Crippen LogP contribution is 2.34. The van der Waals surface area contributed by atoms with Crippen molar-refractivity contribution in [1.82, 2.24) is 10.2 Å². The third kappa shape index (κ3) is 4.01. The first-order valence-corrected chi connectivity index (χ1v) is 7.44.